The van der Waals surface area contributed by atoms with Crippen LogP contribution in [0.3, 0.4) is 0 Å². The van der Waals surface area contributed by atoms with Crippen LogP contribution in [0.2, 0.25) is 5.02 Å². The Balaban J connectivity index is 2.69. The van der Waals surface area contributed by atoms with Crippen LogP contribution in [0.15, 0.2) is 24.3 Å². The molecule has 1 aromatic rings. The molecule has 0 aliphatic heterocycles. The maximum atomic E-state index is 10.7. The van der Waals surface area contributed by atoms with E-state index >= 15 is 0 Å². The second-order valence-electron chi connectivity index (χ2n) is 2.62. The summed E-state index contributed by atoms with van der Waals surface area (Å²) in [7, 11) is 0. The lowest BCUT2D eigenvalue weighted by molar-refractivity contribution is -0.123. The van der Waals surface area contributed by atoms with Crippen LogP contribution < -0.4 is 10.5 Å². The fourth-order valence-corrected chi connectivity index (χ4v) is 0.983. The van der Waals surface area contributed by atoms with E-state index in [1.165, 1.54) is 0 Å². The zero-order valence-electron chi connectivity index (χ0n) is 7.16. The van der Waals surface area contributed by atoms with Gasteiger partial charge in [0.1, 0.15) is 5.75 Å². The number of carbonyl (C=O) groups is 1. The SMILES string of the molecule is C[C@@H](Oc1cccc(Cl)c1)C(N)=O. The molecule has 1 aromatic carbocycles. The molecule has 1 amide bonds. The van der Waals surface area contributed by atoms with Gasteiger partial charge in [-0.25, -0.2) is 0 Å². The summed E-state index contributed by atoms with van der Waals surface area (Å²) < 4.78 is 5.20. The second kappa shape index (κ2) is 4.14. The first-order chi connectivity index (χ1) is 6.09. The maximum Gasteiger partial charge on any atom is 0.258 e. The van der Waals surface area contributed by atoms with Crippen LogP contribution in [0.5, 0.6) is 5.75 Å². The molecule has 70 valence electrons. The first-order valence-electron chi connectivity index (χ1n) is 3.81. The molecule has 4 heteroatoms. The normalized spacial score (nSPS) is 12.2. The summed E-state index contributed by atoms with van der Waals surface area (Å²) in [6, 6.07) is 6.81. The van der Waals surface area contributed by atoms with E-state index in [9.17, 15) is 4.79 Å². The van der Waals surface area contributed by atoms with Gasteiger partial charge in [0, 0.05) is 5.02 Å². The third-order valence-electron chi connectivity index (χ3n) is 1.51. The fourth-order valence-electron chi connectivity index (χ4n) is 0.803. The summed E-state index contributed by atoms with van der Waals surface area (Å²) in [6.45, 7) is 1.59. The quantitative estimate of drug-likeness (QED) is 0.804. The number of hydrogen-bond acceptors (Lipinski definition) is 2. The van der Waals surface area contributed by atoms with Crippen LogP contribution in [-0.4, -0.2) is 12.0 Å². The molecule has 1 rings (SSSR count). The number of benzene rings is 1. The Morgan fingerprint density at radius 2 is 2.31 bits per heavy atom. The molecule has 3 nitrogen and oxygen atoms in total. The van der Waals surface area contributed by atoms with E-state index in [1.54, 1.807) is 31.2 Å². The monoisotopic (exact) mass is 199 g/mol. The lowest BCUT2D eigenvalue weighted by Gasteiger charge is -2.10. The van der Waals surface area contributed by atoms with Crippen molar-refractivity contribution in [3.05, 3.63) is 29.3 Å². The van der Waals surface area contributed by atoms with Gasteiger partial charge in [-0.2, -0.15) is 0 Å². The Kier molecular flexibility index (Phi) is 3.14. The van der Waals surface area contributed by atoms with Crippen molar-refractivity contribution in [2.75, 3.05) is 0 Å². The molecule has 0 aromatic heterocycles. The summed E-state index contributed by atoms with van der Waals surface area (Å²) in [5.74, 6) is 0.0405. The summed E-state index contributed by atoms with van der Waals surface area (Å²) >= 11 is 5.71. The number of hydrogen-bond donors (Lipinski definition) is 1. The Hall–Kier alpha value is -1.22. The number of carbonyl (C=O) groups excluding carboxylic acids is 1. The predicted molar refractivity (Wildman–Crippen MR) is 50.7 cm³/mol. The van der Waals surface area contributed by atoms with E-state index in [1.807, 2.05) is 0 Å². The van der Waals surface area contributed by atoms with Gasteiger partial charge in [0.05, 0.1) is 0 Å². The van der Waals surface area contributed by atoms with Gasteiger partial charge in [0.25, 0.3) is 5.91 Å². The molecule has 0 heterocycles. The molecule has 0 spiro atoms. The average molecular weight is 200 g/mol. The van der Waals surface area contributed by atoms with Crippen molar-refractivity contribution in [2.45, 2.75) is 13.0 Å². The molecule has 1 atom stereocenters. The van der Waals surface area contributed by atoms with E-state index in [-0.39, 0.29) is 0 Å². The van der Waals surface area contributed by atoms with Gasteiger partial charge in [-0.05, 0) is 25.1 Å². The van der Waals surface area contributed by atoms with E-state index in [0.717, 1.165) is 0 Å². The van der Waals surface area contributed by atoms with Crippen LogP contribution in [-0.2, 0) is 4.79 Å². The highest BCUT2D eigenvalue weighted by Gasteiger charge is 2.09. The molecule has 0 saturated heterocycles. The van der Waals surface area contributed by atoms with E-state index in [0.29, 0.717) is 10.8 Å². The highest BCUT2D eigenvalue weighted by Crippen LogP contribution is 2.18. The maximum absolute atomic E-state index is 10.7. The van der Waals surface area contributed by atoms with Gasteiger partial charge >= 0.3 is 0 Å². The molecule has 0 fully saturated rings. The molecule has 0 bridgehead atoms. The Morgan fingerprint density at radius 1 is 1.62 bits per heavy atom. The first kappa shape index (κ1) is 9.86. The number of halogens is 1. The molecule has 0 unspecified atom stereocenters. The lowest BCUT2D eigenvalue weighted by Crippen LogP contribution is -2.30. The zero-order valence-corrected chi connectivity index (χ0v) is 7.91. The van der Waals surface area contributed by atoms with Crippen molar-refractivity contribution >= 4 is 17.5 Å². The number of nitrogens with two attached hydrogens (primary N) is 1. The third-order valence-corrected chi connectivity index (χ3v) is 1.74. The van der Waals surface area contributed by atoms with Crippen molar-refractivity contribution in [1.82, 2.24) is 0 Å². The summed E-state index contributed by atoms with van der Waals surface area (Å²) in [5, 5.41) is 0.564. The van der Waals surface area contributed by atoms with Gasteiger partial charge in [-0.15, -0.1) is 0 Å². The second-order valence-corrected chi connectivity index (χ2v) is 3.06. The van der Waals surface area contributed by atoms with E-state index in [2.05, 4.69) is 0 Å². The van der Waals surface area contributed by atoms with Crippen LogP contribution >= 0.6 is 11.6 Å². The van der Waals surface area contributed by atoms with Crippen molar-refractivity contribution in [3.8, 4) is 5.75 Å². The van der Waals surface area contributed by atoms with Crippen molar-refractivity contribution in [3.63, 3.8) is 0 Å². The lowest BCUT2D eigenvalue weighted by atomic mass is 10.3. The van der Waals surface area contributed by atoms with Crippen LogP contribution in [0, 0.1) is 0 Å². The standard InChI is InChI=1S/C9H10ClNO2/c1-6(9(11)12)13-8-4-2-3-7(10)5-8/h2-6H,1H3,(H2,11,12)/t6-/m1/s1. The molecule has 0 radical (unpaired) electrons. The first-order valence-corrected chi connectivity index (χ1v) is 4.19. The van der Waals surface area contributed by atoms with Gasteiger partial charge in [-0.1, -0.05) is 17.7 Å². The fraction of sp³-hybridized carbons (Fsp3) is 0.222. The Bertz CT molecular complexity index is 314. The highest BCUT2D eigenvalue weighted by molar-refractivity contribution is 6.30. The minimum absolute atomic E-state index is 0.500. The Labute approximate surface area is 81.4 Å². The van der Waals surface area contributed by atoms with Crippen molar-refractivity contribution < 1.29 is 9.53 Å². The smallest absolute Gasteiger partial charge is 0.258 e. The molecular formula is C9H10ClNO2. The summed E-state index contributed by atoms with van der Waals surface area (Å²) in [4.78, 5) is 10.7. The van der Waals surface area contributed by atoms with E-state index < -0.39 is 12.0 Å². The number of primary amides is 1. The van der Waals surface area contributed by atoms with Gasteiger partial charge < -0.3 is 10.5 Å². The predicted octanol–water partition coefficient (Wildman–Crippen LogP) is 1.59. The molecule has 0 aliphatic rings. The average Bonchev–Trinajstić information content (AvgIpc) is 2.04. The van der Waals surface area contributed by atoms with Crippen molar-refractivity contribution in [1.29, 1.82) is 0 Å². The minimum atomic E-state index is -0.640. The molecular weight excluding hydrogens is 190 g/mol. The Morgan fingerprint density at radius 3 is 2.85 bits per heavy atom. The molecule has 0 saturated carbocycles. The van der Waals surface area contributed by atoms with Gasteiger partial charge in [0.15, 0.2) is 6.10 Å². The highest BCUT2D eigenvalue weighted by atomic mass is 35.5. The largest absolute Gasteiger partial charge is 0.481 e. The molecule has 2 N–H and O–H groups in total. The zero-order chi connectivity index (χ0) is 9.84. The van der Waals surface area contributed by atoms with Crippen LogP contribution in [0.4, 0.5) is 0 Å². The van der Waals surface area contributed by atoms with Crippen LogP contribution in [0.25, 0.3) is 0 Å². The van der Waals surface area contributed by atoms with E-state index in [4.69, 9.17) is 22.1 Å². The van der Waals surface area contributed by atoms with Crippen molar-refractivity contribution in [2.24, 2.45) is 5.73 Å². The third kappa shape index (κ3) is 2.95. The minimum Gasteiger partial charge on any atom is -0.481 e. The molecule has 13 heavy (non-hydrogen) atoms. The van der Waals surface area contributed by atoms with Gasteiger partial charge in [-0.3, -0.25) is 4.79 Å². The summed E-state index contributed by atoms with van der Waals surface area (Å²) in [5.41, 5.74) is 5.02. The van der Waals surface area contributed by atoms with Gasteiger partial charge in [0.2, 0.25) is 0 Å². The number of rotatable bonds is 3. The van der Waals surface area contributed by atoms with Crippen LogP contribution in [0.1, 0.15) is 6.92 Å². The molecule has 0 aliphatic carbocycles. The number of amides is 1. The summed E-state index contributed by atoms with van der Waals surface area (Å²) in [6.07, 6.45) is -0.640. The number of ether oxygens (including phenoxy) is 1. The topological polar surface area (TPSA) is 52.3 Å².